The van der Waals surface area contributed by atoms with Gasteiger partial charge in [0.2, 0.25) is 0 Å². The minimum atomic E-state index is -1.00. The van der Waals surface area contributed by atoms with Crippen molar-refractivity contribution in [2.75, 3.05) is 0 Å². The first-order chi connectivity index (χ1) is 11.0. The number of carboxylic acid groups (broad SMARTS) is 1. The SMILES string of the molecule is O=C(O)C[C@H](NC(=O)OCc1ccccc1)c1cc(Br)c(Br)s1. The van der Waals surface area contributed by atoms with Gasteiger partial charge in [0.1, 0.15) is 6.61 Å². The number of carbonyl (C=O) groups excluding carboxylic acids is 1. The molecule has 0 aliphatic carbocycles. The maximum Gasteiger partial charge on any atom is 0.407 e. The zero-order valence-corrected chi connectivity index (χ0v) is 15.8. The second-order valence-corrected chi connectivity index (χ2v) is 7.88. The molecule has 2 aromatic rings. The summed E-state index contributed by atoms with van der Waals surface area (Å²) < 4.78 is 6.78. The lowest BCUT2D eigenvalue weighted by Gasteiger charge is -2.15. The van der Waals surface area contributed by atoms with Gasteiger partial charge in [0.25, 0.3) is 0 Å². The molecule has 23 heavy (non-hydrogen) atoms. The first kappa shape index (κ1) is 18.0. The van der Waals surface area contributed by atoms with Gasteiger partial charge in [-0.1, -0.05) is 30.3 Å². The molecule has 1 aromatic heterocycles. The van der Waals surface area contributed by atoms with Crippen LogP contribution in [0.1, 0.15) is 22.9 Å². The number of hydrogen-bond donors (Lipinski definition) is 2. The predicted molar refractivity (Wildman–Crippen MR) is 94.5 cm³/mol. The van der Waals surface area contributed by atoms with Crippen molar-refractivity contribution in [2.45, 2.75) is 19.1 Å². The Balaban J connectivity index is 1.99. The number of hydrogen-bond acceptors (Lipinski definition) is 4. The van der Waals surface area contributed by atoms with E-state index in [1.165, 1.54) is 11.3 Å². The second-order valence-electron chi connectivity index (χ2n) is 4.63. The molecule has 1 atom stereocenters. The second kappa shape index (κ2) is 8.47. The molecule has 0 saturated carbocycles. The minimum Gasteiger partial charge on any atom is -0.481 e. The largest absolute Gasteiger partial charge is 0.481 e. The highest BCUT2D eigenvalue weighted by Gasteiger charge is 2.21. The fourth-order valence-corrected chi connectivity index (χ4v) is 3.98. The van der Waals surface area contributed by atoms with Crippen LogP contribution in [0.3, 0.4) is 0 Å². The van der Waals surface area contributed by atoms with Crippen LogP contribution in [0, 0.1) is 0 Å². The van der Waals surface area contributed by atoms with Crippen molar-refractivity contribution in [2.24, 2.45) is 0 Å². The van der Waals surface area contributed by atoms with E-state index in [4.69, 9.17) is 9.84 Å². The molecule has 1 aromatic carbocycles. The minimum absolute atomic E-state index is 0.129. The van der Waals surface area contributed by atoms with Crippen LogP contribution in [-0.4, -0.2) is 17.2 Å². The van der Waals surface area contributed by atoms with E-state index >= 15 is 0 Å². The lowest BCUT2D eigenvalue weighted by molar-refractivity contribution is -0.137. The standard InChI is InChI=1S/C15H13Br2NO4S/c16-10-6-12(23-14(10)17)11(7-13(19)20)18-15(21)22-8-9-4-2-1-3-5-9/h1-6,11H,7-8H2,(H,18,21)(H,19,20)/t11-/m0/s1. The summed E-state index contributed by atoms with van der Waals surface area (Å²) >= 11 is 8.07. The van der Waals surface area contributed by atoms with Crippen molar-refractivity contribution in [3.63, 3.8) is 0 Å². The molecule has 0 radical (unpaired) electrons. The normalized spacial score (nSPS) is 11.7. The number of thiophene rings is 1. The highest BCUT2D eigenvalue weighted by molar-refractivity contribution is 9.13. The molecular weight excluding hydrogens is 450 g/mol. The van der Waals surface area contributed by atoms with Gasteiger partial charge in [-0.25, -0.2) is 4.79 Å². The van der Waals surface area contributed by atoms with Crippen LogP contribution in [-0.2, 0) is 16.1 Å². The average Bonchev–Trinajstić information content (AvgIpc) is 2.85. The number of carboxylic acids is 1. The fraction of sp³-hybridized carbons (Fsp3) is 0.200. The molecule has 8 heteroatoms. The average molecular weight is 463 g/mol. The summed E-state index contributed by atoms with van der Waals surface area (Å²) in [6.45, 7) is 0.129. The molecule has 0 saturated heterocycles. The molecule has 2 rings (SSSR count). The van der Waals surface area contributed by atoms with Crippen molar-refractivity contribution in [3.8, 4) is 0 Å². The first-order valence-electron chi connectivity index (χ1n) is 6.59. The number of carbonyl (C=O) groups is 2. The molecule has 0 bridgehead atoms. The summed E-state index contributed by atoms with van der Waals surface area (Å²) in [5.41, 5.74) is 0.860. The van der Waals surface area contributed by atoms with E-state index in [0.717, 1.165) is 18.7 Å². The van der Waals surface area contributed by atoms with Crippen molar-refractivity contribution < 1.29 is 19.4 Å². The van der Waals surface area contributed by atoms with E-state index in [-0.39, 0.29) is 13.0 Å². The Kier molecular flexibility index (Phi) is 6.61. The van der Waals surface area contributed by atoms with E-state index in [9.17, 15) is 9.59 Å². The van der Waals surface area contributed by atoms with E-state index in [1.807, 2.05) is 30.3 Å². The van der Waals surface area contributed by atoms with Crippen LogP contribution >= 0.6 is 43.2 Å². The topological polar surface area (TPSA) is 75.6 Å². The molecule has 0 aliphatic rings. The van der Waals surface area contributed by atoms with Gasteiger partial charge in [-0.2, -0.15) is 0 Å². The summed E-state index contributed by atoms with van der Waals surface area (Å²) in [7, 11) is 0. The molecular formula is C15H13Br2NO4S. The maximum atomic E-state index is 11.9. The fourth-order valence-electron chi connectivity index (χ4n) is 1.84. The summed E-state index contributed by atoms with van der Waals surface area (Å²) in [5, 5.41) is 11.6. The molecule has 0 aliphatic heterocycles. The lowest BCUT2D eigenvalue weighted by atomic mass is 10.2. The Hall–Kier alpha value is -1.38. The van der Waals surface area contributed by atoms with E-state index in [1.54, 1.807) is 6.07 Å². The zero-order valence-electron chi connectivity index (χ0n) is 11.8. The maximum absolute atomic E-state index is 11.9. The summed E-state index contributed by atoms with van der Waals surface area (Å²) in [6.07, 6.45) is -0.874. The number of benzene rings is 1. The zero-order chi connectivity index (χ0) is 16.8. The number of rotatable bonds is 6. The Morgan fingerprint density at radius 3 is 2.52 bits per heavy atom. The van der Waals surface area contributed by atoms with Gasteiger partial charge in [-0.3, -0.25) is 4.79 Å². The van der Waals surface area contributed by atoms with Gasteiger partial charge in [0.15, 0.2) is 0 Å². The van der Waals surface area contributed by atoms with Crippen LogP contribution in [0.5, 0.6) is 0 Å². The van der Waals surface area contributed by atoms with E-state index in [2.05, 4.69) is 37.2 Å². The van der Waals surface area contributed by atoms with Crippen molar-refractivity contribution >= 4 is 55.3 Å². The Labute approximate surface area is 153 Å². The van der Waals surface area contributed by atoms with E-state index in [0.29, 0.717) is 0 Å². The Morgan fingerprint density at radius 1 is 1.26 bits per heavy atom. The Bertz CT molecular complexity index is 671. The van der Waals surface area contributed by atoms with Gasteiger partial charge in [0.05, 0.1) is 16.2 Å². The summed E-state index contributed by atoms with van der Waals surface area (Å²) in [4.78, 5) is 23.7. The van der Waals surface area contributed by atoms with Crippen LogP contribution in [0.4, 0.5) is 4.79 Å². The molecule has 5 nitrogen and oxygen atoms in total. The number of nitrogens with one attached hydrogen (secondary N) is 1. The third kappa shape index (κ3) is 5.63. The predicted octanol–water partition coefficient (Wildman–Crippen LogP) is 4.72. The highest BCUT2D eigenvalue weighted by atomic mass is 79.9. The third-order valence-corrected chi connectivity index (χ3v) is 6.26. The van der Waals surface area contributed by atoms with Crippen LogP contribution in [0.2, 0.25) is 0 Å². The van der Waals surface area contributed by atoms with E-state index < -0.39 is 18.1 Å². The quantitative estimate of drug-likeness (QED) is 0.651. The number of ether oxygens (including phenoxy) is 1. The van der Waals surface area contributed by atoms with Crippen LogP contribution in [0.25, 0.3) is 0 Å². The smallest absolute Gasteiger partial charge is 0.407 e. The van der Waals surface area contributed by atoms with Crippen molar-refractivity contribution in [1.82, 2.24) is 5.32 Å². The van der Waals surface area contributed by atoms with Gasteiger partial charge >= 0.3 is 12.1 Å². The van der Waals surface area contributed by atoms with Crippen LogP contribution < -0.4 is 5.32 Å². The summed E-state index contributed by atoms with van der Waals surface area (Å²) in [6, 6.07) is 10.4. The van der Waals surface area contributed by atoms with Crippen molar-refractivity contribution in [3.05, 3.63) is 55.1 Å². The highest BCUT2D eigenvalue weighted by Crippen LogP contribution is 2.36. The lowest BCUT2D eigenvalue weighted by Crippen LogP contribution is -2.30. The number of amides is 1. The molecule has 0 unspecified atom stereocenters. The molecule has 1 amide bonds. The first-order valence-corrected chi connectivity index (χ1v) is 8.99. The molecule has 1 heterocycles. The number of alkyl carbamates (subject to hydrolysis) is 1. The summed E-state index contributed by atoms with van der Waals surface area (Å²) in [5.74, 6) is -1.00. The van der Waals surface area contributed by atoms with Crippen LogP contribution in [0.15, 0.2) is 44.7 Å². The molecule has 2 N–H and O–H groups in total. The number of halogens is 2. The van der Waals surface area contributed by atoms with Gasteiger partial charge in [0, 0.05) is 9.35 Å². The molecule has 0 fully saturated rings. The van der Waals surface area contributed by atoms with Gasteiger partial charge < -0.3 is 15.2 Å². The van der Waals surface area contributed by atoms with Gasteiger partial charge in [-0.05, 0) is 43.5 Å². The Morgan fingerprint density at radius 2 is 1.96 bits per heavy atom. The molecule has 122 valence electrons. The van der Waals surface area contributed by atoms with Crippen molar-refractivity contribution in [1.29, 1.82) is 0 Å². The number of aliphatic carboxylic acids is 1. The monoisotopic (exact) mass is 461 g/mol. The third-order valence-electron chi connectivity index (χ3n) is 2.89. The molecule has 0 spiro atoms. The van der Waals surface area contributed by atoms with Gasteiger partial charge in [-0.15, -0.1) is 11.3 Å².